The van der Waals surface area contributed by atoms with Gasteiger partial charge in [0.15, 0.2) is 0 Å². The number of carbonyl (C=O) groups excluding carboxylic acids is 1. The molecule has 1 amide bonds. The first-order valence-electron chi connectivity index (χ1n) is 16.6. The second-order valence-corrected chi connectivity index (χ2v) is 14.6. The third kappa shape index (κ3) is 26.6. The van der Waals surface area contributed by atoms with Crippen molar-refractivity contribution in [1.82, 2.24) is 5.32 Å². The number of nitrogens with one attached hydrogen (secondary N) is 1. The summed E-state index contributed by atoms with van der Waals surface area (Å²) in [5.41, 5.74) is 0. The fraction of sp³-hybridized carbons (Fsp3) is 0.969. The number of hydrogen-bond donors (Lipinski definition) is 5. The van der Waals surface area contributed by atoms with Gasteiger partial charge >= 0.3 is 0 Å². The molecule has 4 atom stereocenters. The van der Waals surface area contributed by atoms with E-state index in [1.807, 2.05) is 0 Å². The summed E-state index contributed by atoms with van der Waals surface area (Å²) in [6.07, 6.45) is 16.1. The van der Waals surface area contributed by atoms with Crippen molar-refractivity contribution in [2.75, 3.05) is 5.75 Å². The van der Waals surface area contributed by atoms with Crippen molar-refractivity contribution in [3.05, 3.63) is 0 Å². The fourth-order valence-electron chi connectivity index (χ4n) is 5.21. The summed E-state index contributed by atoms with van der Waals surface area (Å²) >= 11 is 0. The maximum absolute atomic E-state index is 12.5. The number of unbranched alkanes of at least 4 members (excludes halogenated alkanes) is 13. The van der Waals surface area contributed by atoms with E-state index < -0.39 is 46.1 Å². The standard InChI is InChI=1S/C32H65NO7S/c1-26(2)20-16-12-8-5-6-11-15-19-23-30(35)32(37)33-29(25-41(38,39)40)31(36)24-28(34)22-18-14-10-7-9-13-17-21-27(3)4/h26-31,34-36H,5-25H2,1-4H3,(H,33,37)(H,38,39,40)/t28?,29-,30?,31+/m0/s1. The molecule has 0 aromatic heterocycles. The van der Waals surface area contributed by atoms with Gasteiger partial charge in [-0.05, 0) is 24.7 Å². The third-order valence-electron chi connectivity index (χ3n) is 7.83. The van der Waals surface area contributed by atoms with Gasteiger partial charge in [0.05, 0.1) is 24.0 Å². The predicted molar refractivity (Wildman–Crippen MR) is 168 cm³/mol. The maximum Gasteiger partial charge on any atom is 0.266 e. The van der Waals surface area contributed by atoms with Crippen molar-refractivity contribution < 1.29 is 33.1 Å². The zero-order chi connectivity index (χ0) is 31.1. The van der Waals surface area contributed by atoms with Crippen LogP contribution < -0.4 is 5.32 Å². The van der Waals surface area contributed by atoms with Gasteiger partial charge in [-0.3, -0.25) is 9.35 Å². The first-order chi connectivity index (χ1) is 19.3. The zero-order valence-corrected chi connectivity index (χ0v) is 27.6. The first kappa shape index (κ1) is 40.3. The van der Waals surface area contributed by atoms with Crippen molar-refractivity contribution in [2.45, 2.75) is 180 Å². The number of rotatable bonds is 28. The molecule has 8 nitrogen and oxygen atoms in total. The van der Waals surface area contributed by atoms with Crippen LogP contribution in [0, 0.1) is 11.8 Å². The van der Waals surface area contributed by atoms with Gasteiger partial charge in [0.2, 0.25) is 5.91 Å². The molecule has 0 aromatic rings. The molecule has 0 radical (unpaired) electrons. The zero-order valence-electron chi connectivity index (χ0n) is 26.7. The summed E-state index contributed by atoms with van der Waals surface area (Å²) in [5.74, 6) is -0.143. The van der Waals surface area contributed by atoms with E-state index in [2.05, 4.69) is 33.0 Å². The molecule has 0 spiro atoms. The average molecular weight is 608 g/mol. The van der Waals surface area contributed by atoms with Crippen LogP contribution in [0.5, 0.6) is 0 Å². The van der Waals surface area contributed by atoms with Crippen LogP contribution in [0.3, 0.4) is 0 Å². The predicted octanol–water partition coefficient (Wildman–Crippen LogP) is 6.56. The lowest BCUT2D eigenvalue weighted by Gasteiger charge is -2.26. The van der Waals surface area contributed by atoms with E-state index in [0.717, 1.165) is 50.4 Å². The van der Waals surface area contributed by atoms with Gasteiger partial charge in [0.1, 0.15) is 6.10 Å². The molecule has 0 rings (SSSR count). The minimum atomic E-state index is -4.49. The molecule has 5 N–H and O–H groups in total. The van der Waals surface area contributed by atoms with Crippen LogP contribution in [0.2, 0.25) is 0 Å². The Bertz CT molecular complexity index is 730. The molecule has 0 saturated heterocycles. The van der Waals surface area contributed by atoms with Crippen molar-refractivity contribution in [3.63, 3.8) is 0 Å². The molecule has 0 aliphatic carbocycles. The smallest absolute Gasteiger partial charge is 0.266 e. The van der Waals surface area contributed by atoms with E-state index >= 15 is 0 Å². The number of aliphatic hydroxyl groups is 3. The molecule has 0 bridgehead atoms. The van der Waals surface area contributed by atoms with E-state index in [4.69, 9.17) is 0 Å². The normalized spacial score (nSPS) is 15.3. The van der Waals surface area contributed by atoms with Crippen LogP contribution >= 0.6 is 0 Å². The topological polar surface area (TPSA) is 144 Å². The lowest BCUT2D eigenvalue weighted by molar-refractivity contribution is -0.131. The highest BCUT2D eigenvalue weighted by molar-refractivity contribution is 7.85. The summed E-state index contributed by atoms with van der Waals surface area (Å²) in [6.45, 7) is 8.97. The average Bonchev–Trinajstić information content (AvgIpc) is 2.86. The summed E-state index contributed by atoms with van der Waals surface area (Å²) in [4.78, 5) is 12.5. The van der Waals surface area contributed by atoms with Crippen LogP contribution in [0.25, 0.3) is 0 Å². The largest absolute Gasteiger partial charge is 0.393 e. The molecular weight excluding hydrogens is 542 g/mol. The summed E-state index contributed by atoms with van der Waals surface area (Å²) in [7, 11) is -4.49. The number of amides is 1. The maximum atomic E-state index is 12.5. The Hall–Kier alpha value is -0.740. The van der Waals surface area contributed by atoms with Crippen molar-refractivity contribution in [1.29, 1.82) is 0 Å². The van der Waals surface area contributed by atoms with Crippen molar-refractivity contribution in [2.24, 2.45) is 11.8 Å². The van der Waals surface area contributed by atoms with E-state index in [9.17, 15) is 33.1 Å². The molecular formula is C32H65NO7S. The van der Waals surface area contributed by atoms with Crippen molar-refractivity contribution >= 4 is 16.0 Å². The quantitative estimate of drug-likeness (QED) is 0.0501. The highest BCUT2D eigenvalue weighted by atomic mass is 32.2. The van der Waals surface area contributed by atoms with E-state index in [1.165, 1.54) is 64.2 Å². The number of carbonyl (C=O) groups is 1. The second kappa shape index (κ2) is 24.7. The monoisotopic (exact) mass is 607 g/mol. The van der Waals surface area contributed by atoms with Gasteiger partial charge in [-0.15, -0.1) is 0 Å². The molecule has 9 heteroatoms. The summed E-state index contributed by atoms with van der Waals surface area (Å²) in [5, 5.41) is 33.6. The lowest BCUT2D eigenvalue weighted by atomic mass is 9.99. The lowest BCUT2D eigenvalue weighted by Crippen LogP contribution is -2.51. The van der Waals surface area contributed by atoms with E-state index in [0.29, 0.717) is 12.8 Å². The highest BCUT2D eigenvalue weighted by Gasteiger charge is 2.29. The minimum Gasteiger partial charge on any atom is -0.393 e. The van der Waals surface area contributed by atoms with Gasteiger partial charge in [0, 0.05) is 6.42 Å². The molecule has 0 saturated carbocycles. The SMILES string of the molecule is CC(C)CCCCCCCCCCC(O)C(=O)N[C@@H](CS(=O)(=O)O)[C@H](O)CC(O)CCCCCCCCCC(C)C. The Kier molecular flexibility index (Phi) is 24.2. The van der Waals surface area contributed by atoms with Gasteiger partial charge < -0.3 is 20.6 Å². The Balaban J connectivity index is 4.28. The van der Waals surface area contributed by atoms with E-state index in [1.54, 1.807) is 0 Å². The summed E-state index contributed by atoms with van der Waals surface area (Å²) in [6, 6.07) is -1.32. The van der Waals surface area contributed by atoms with Gasteiger partial charge in [-0.2, -0.15) is 8.42 Å². The Morgan fingerprint density at radius 2 is 0.976 bits per heavy atom. The third-order valence-corrected chi connectivity index (χ3v) is 8.61. The van der Waals surface area contributed by atoms with Gasteiger partial charge in [-0.25, -0.2) is 0 Å². The molecule has 0 fully saturated rings. The van der Waals surface area contributed by atoms with Gasteiger partial charge in [-0.1, -0.05) is 137 Å². The molecule has 41 heavy (non-hydrogen) atoms. The van der Waals surface area contributed by atoms with E-state index in [-0.39, 0.29) is 12.8 Å². The van der Waals surface area contributed by atoms with Crippen LogP contribution in [-0.4, -0.2) is 64.3 Å². The minimum absolute atomic E-state index is 0.122. The molecule has 0 aliphatic rings. The van der Waals surface area contributed by atoms with Crippen LogP contribution in [0.15, 0.2) is 0 Å². The Morgan fingerprint density at radius 1 is 0.610 bits per heavy atom. The van der Waals surface area contributed by atoms with Crippen LogP contribution in [-0.2, 0) is 14.9 Å². The number of hydrogen-bond acceptors (Lipinski definition) is 6. The summed E-state index contributed by atoms with van der Waals surface area (Å²) < 4.78 is 32.3. The molecule has 246 valence electrons. The molecule has 0 aromatic carbocycles. The second-order valence-electron chi connectivity index (χ2n) is 13.1. The first-order valence-corrected chi connectivity index (χ1v) is 18.2. The Morgan fingerprint density at radius 3 is 1.37 bits per heavy atom. The highest BCUT2D eigenvalue weighted by Crippen LogP contribution is 2.16. The van der Waals surface area contributed by atoms with Crippen LogP contribution in [0.4, 0.5) is 0 Å². The Labute approximate surface area is 252 Å². The van der Waals surface area contributed by atoms with Crippen molar-refractivity contribution in [3.8, 4) is 0 Å². The molecule has 2 unspecified atom stereocenters. The fourth-order valence-corrected chi connectivity index (χ4v) is 5.97. The van der Waals surface area contributed by atoms with Crippen LogP contribution in [0.1, 0.15) is 156 Å². The molecule has 0 heterocycles. The molecule has 0 aliphatic heterocycles. The number of aliphatic hydroxyl groups excluding tert-OH is 3. The van der Waals surface area contributed by atoms with Gasteiger partial charge in [0.25, 0.3) is 10.1 Å².